The maximum Gasteiger partial charge on any atom is 0.244 e. The lowest BCUT2D eigenvalue weighted by Gasteiger charge is -2.28. The maximum atomic E-state index is 12.9. The second-order valence-corrected chi connectivity index (χ2v) is 10.4. The highest BCUT2D eigenvalue weighted by molar-refractivity contribution is 9.12. The number of nitrogens with zero attached hydrogens (tertiary/aromatic N) is 1. The van der Waals surface area contributed by atoms with E-state index in [1.165, 1.54) is 0 Å². The number of anilines is 1. The van der Waals surface area contributed by atoms with Gasteiger partial charge in [-0.15, -0.1) is 0 Å². The molecule has 3 amide bonds. The lowest BCUT2D eigenvalue weighted by Crippen LogP contribution is -2.39. The monoisotopic (exact) mass is 530 g/mol. The summed E-state index contributed by atoms with van der Waals surface area (Å²) in [5.41, 5.74) is 2.79. The van der Waals surface area contributed by atoms with E-state index < -0.39 is 0 Å². The summed E-state index contributed by atoms with van der Waals surface area (Å²) in [7, 11) is 0. The van der Waals surface area contributed by atoms with Crippen molar-refractivity contribution in [2.24, 2.45) is 23.7 Å². The van der Waals surface area contributed by atoms with Gasteiger partial charge in [0.25, 0.3) is 0 Å². The molecule has 2 saturated carbocycles. The van der Waals surface area contributed by atoms with E-state index in [-0.39, 0.29) is 57.6 Å². The SMILES string of the molecule is O=C(CN1C(=O)[C@@H]2[C@H]3C[C@@H]([C@@H](Br)[C@H]3Br)[C@H]2C1=O)Nc1ccc(-c2ccccc2)cc1. The fourth-order valence-corrected chi connectivity index (χ4v) is 7.16. The second-order valence-electron chi connectivity index (χ2n) is 8.26. The number of rotatable bonds is 4. The van der Waals surface area contributed by atoms with Gasteiger partial charge in [-0.25, -0.2) is 0 Å². The average Bonchev–Trinajstić information content (AvgIpc) is 3.36. The Morgan fingerprint density at radius 3 is 1.97 bits per heavy atom. The summed E-state index contributed by atoms with van der Waals surface area (Å²) >= 11 is 7.35. The number of amides is 3. The molecule has 0 unspecified atom stereocenters. The molecule has 6 atom stereocenters. The van der Waals surface area contributed by atoms with Gasteiger partial charge in [-0.1, -0.05) is 74.3 Å². The normalized spacial score (nSPS) is 31.9. The Bertz CT molecular complexity index is 979. The Morgan fingerprint density at radius 1 is 0.867 bits per heavy atom. The molecule has 2 aromatic rings. The van der Waals surface area contributed by atoms with Crippen LogP contribution in [0.25, 0.3) is 11.1 Å². The minimum Gasteiger partial charge on any atom is -0.325 e. The maximum absolute atomic E-state index is 12.9. The van der Waals surface area contributed by atoms with Crippen LogP contribution in [0.15, 0.2) is 54.6 Å². The van der Waals surface area contributed by atoms with Crippen LogP contribution in [0.3, 0.4) is 0 Å². The van der Waals surface area contributed by atoms with E-state index in [9.17, 15) is 14.4 Å². The molecule has 154 valence electrons. The number of likely N-dealkylation sites (tertiary alicyclic amines) is 1. The first-order valence-corrected chi connectivity index (χ1v) is 11.9. The van der Waals surface area contributed by atoms with Gasteiger partial charge in [-0.3, -0.25) is 19.3 Å². The molecule has 5 nitrogen and oxygen atoms in total. The number of hydrogen-bond donors (Lipinski definition) is 1. The molecular formula is C23H20Br2N2O3. The highest BCUT2D eigenvalue weighted by atomic mass is 79.9. The number of carbonyl (C=O) groups excluding carboxylic acids is 3. The molecule has 0 spiro atoms. The molecule has 1 N–H and O–H groups in total. The number of halogens is 2. The Hall–Kier alpha value is -1.99. The fourth-order valence-electron chi connectivity index (χ4n) is 5.29. The van der Waals surface area contributed by atoms with Crippen LogP contribution in [0.1, 0.15) is 6.42 Å². The molecule has 2 aliphatic carbocycles. The number of carbonyl (C=O) groups is 3. The minimum absolute atomic E-state index is 0.152. The number of alkyl halides is 2. The third-order valence-electron chi connectivity index (χ3n) is 6.66. The number of imide groups is 1. The van der Waals surface area contributed by atoms with Crippen LogP contribution in [0.2, 0.25) is 0 Å². The first-order valence-electron chi connectivity index (χ1n) is 10.0. The van der Waals surface area contributed by atoms with Gasteiger partial charge in [0, 0.05) is 15.3 Å². The summed E-state index contributed by atoms with van der Waals surface area (Å²) in [6.07, 6.45) is 0.881. The zero-order valence-electron chi connectivity index (χ0n) is 16.0. The molecule has 1 heterocycles. The van der Waals surface area contributed by atoms with E-state index >= 15 is 0 Å². The molecule has 7 heteroatoms. The first kappa shape index (κ1) is 19.9. The Kier molecular flexibility index (Phi) is 5.06. The van der Waals surface area contributed by atoms with Crippen molar-refractivity contribution in [2.45, 2.75) is 16.1 Å². The van der Waals surface area contributed by atoms with Crippen molar-refractivity contribution >= 4 is 55.3 Å². The Morgan fingerprint density at radius 2 is 1.40 bits per heavy atom. The molecule has 2 aromatic carbocycles. The summed E-state index contributed by atoms with van der Waals surface area (Å²) < 4.78 is 0. The number of hydrogen-bond acceptors (Lipinski definition) is 3. The predicted octanol–water partition coefficient (Wildman–Crippen LogP) is 4.07. The summed E-state index contributed by atoms with van der Waals surface area (Å²) in [5.74, 6) is -1.04. The Balaban J connectivity index is 1.25. The zero-order valence-corrected chi connectivity index (χ0v) is 19.2. The van der Waals surface area contributed by atoms with Crippen LogP contribution in [0, 0.1) is 23.7 Å². The quantitative estimate of drug-likeness (QED) is 0.477. The van der Waals surface area contributed by atoms with Crippen LogP contribution in [0.4, 0.5) is 5.69 Å². The molecule has 2 bridgehead atoms. The van der Waals surface area contributed by atoms with Gasteiger partial charge in [0.1, 0.15) is 6.54 Å². The van der Waals surface area contributed by atoms with E-state index in [0.717, 1.165) is 22.4 Å². The zero-order chi connectivity index (χ0) is 21.0. The summed E-state index contributed by atoms with van der Waals surface area (Å²) in [6.45, 7) is -0.232. The second kappa shape index (κ2) is 7.61. The molecule has 3 fully saturated rings. The number of nitrogens with one attached hydrogen (secondary N) is 1. The molecular weight excluding hydrogens is 512 g/mol. The van der Waals surface area contributed by atoms with Crippen molar-refractivity contribution in [2.75, 3.05) is 11.9 Å². The Labute approximate surface area is 191 Å². The highest BCUT2D eigenvalue weighted by Crippen LogP contribution is 2.60. The van der Waals surface area contributed by atoms with Crippen molar-refractivity contribution < 1.29 is 14.4 Å². The van der Waals surface area contributed by atoms with E-state index in [2.05, 4.69) is 37.2 Å². The average molecular weight is 532 g/mol. The van der Waals surface area contributed by atoms with Gasteiger partial charge in [-0.05, 0) is 41.5 Å². The predicted molar refractivity (Wildman–Crippen MR) is 121 cm³/mol. The van der Waals surface area contributed by atoms with Crippen molar-refractivity contribution in [1.82, 2.24) is 4.90 Å². The minimum atomic E-state index is -0.359. The largest absolute Gasteiger partial charge is 0.325 e. The summed E-state index contributed by atoms with van der Waals surface area (Å²) in [4.78, 5) is 39.9. The molecule has 0 aromatic heterocycles. The molecule has 0 radical (unpaired) electrons. The highest BCUT2D eigenvalue weighted by Gasteiger charge is 2.66. The van der Waals surface area contributed by atoms with Crippen molar-refractivity contribution in [3.05, 3.63) is 54.6 Å². The third-order valence-corrected chi connectivity index (χ3v) is 9.86. The first-order chi connectivity index (χ1) is 14.5. The fraction of sp³-hybridized carbons (Fsp3) is 0.348. The standard InChI is InChI=1S/C23H20Br2N2O3/c24-20-15-10-16(21(20)25)19-18(15)22(29)27(23(19)30)11-17(28)26-14-8-6-13(7-9-14)12-4-2-1-3-5-12/h1-9,15-16,18-21H,10-11H2,(H,26,28)/t15-,16-,18-,19-,20-,21+/m1/s1. The van der Waals surface area contributed by atoms with E-state index in [0.29, 0.717) is 5.69 Å². The summed E-state index contributed by atoms with van der Waals surface area (Å²) in [6, 6.07) is 17.5. The van der Waals surface area contributed by atoms with Crippen LogP contribution in [-0.4, -0.2) is 38.8 Å². The summed E-state index contributed by atoms with van der Waals surface area (Å²) in [5, 5.41) is 2.81. The van der Waals surface area contributed by atoms with Crippen molar-refractivity contribution in [3.63, 3.8) is 0 Å². The smallest absolute Gasteiger partial charge is 0.244 e. The lowest BCUT2D eigenvalue weighted by atomic mass is 9.81. The van der Waals surface area contributed by atoms with Gasteiger partial charge in [0.05, 0.1) is 11.8 Å². The molecule has 1 saturated heterocycles. The van der Waals surface area contributed by atoms with Crippen LogP contribution >= 0.6 is 31.9 Å². The number of benzene rings is 2. The van der Waals surface area contributed by atoms with Gasteiger partial charge in [0.15, 0.2) is 0 Å². The van der Waals surface area contributed by atoms with E-state index in [1.807, 2.05) is 54.6 Å². The lowest BCUT2D eigenvalue weighted by molar-refractivity contribution is -0.143. The van der Waals surface area contributed by atoms with Crippen LogP contribution in [0.5, 0.6) is 0 Å². The molecule has 30 heavy (non-hydrogen) atoms. The third kappa shape index (κ3) is 3.14. The van der Waals surface area contributed by atoms with E-state index in [1.54, 1.807) is 0 Å². The van der Waals surface area contributed by atoms with Gasteiger partial charge >= 0.3 is 0 Å². The number of fused-ring (bicyclic) bond motifs is 5. The molecule has 1 aliphatic heterocycles. The molecule has 3 aliphatic rings. The van der Waals surface area contributed by atoms with Crippen LogP contribution in [-0.2, 0) is 14.4 Å². The van der Waals surface area contributed by atoms with Gasteiger partial charge in [0.2, 0.25) is 17.7 Å². The van der Waals surface area contributed by atoms with Crippen molar-refractivity contribution in [1.29, 1.82) is 0 Å². The van der Waals surface area contributed by atoms with Crippen LogP contribution < -0.4 is 5.32 Å². The topological polar surface area (TPSA) is 66.5 Å². The van der Waals surface area contributed by atoms with Gasteiger partial charge < -0.3 is 5.32 Å². The van der Waals surface area contributed by atoms with Gasteiger partial charge in [-0.2, -0.15) is 0 Å². The van der Waals surface area contributed by atoms with E-state index in [4.69, 9.17) is 0 Å². The molecule has 5 rings (SSSR count). The van der Waals surface area contributed by atoms with Crippen molar-refractivity contribution in [3.8, 4) is 11.1 Å².